The number of pyridine rings is 1. The molecule has 100 valence electrons. The Morgan fingerprint density at radius 2 is 2.22 bits per heavy atom. The SMILES string of the molecule is COCC(C)NC(=O)CNC(C)c1ccccn1. The molecule has 0 spiro atoms. The van der Waals surface area contributed by atoms with Crippen LogP contribution >= 0.6 is 0 Å². The Labute approximate surface area is 108 Å². The van der Waals surface area contributed by atoms with E-state index in [1.807, 2.05) is 32.0 Å². The Morgan fingerprint density at radius 3 is 2.83 bits per heavy atom. The number of hydrogen-bond acceptors (Lipinski definition) is 4. The molecule has 5 heteroatoms. The van der Waals surface area contributed by atoms with E-state index < -0.39 is 0 Å². The highest BCUT2D eigenvalue weighted by Gasteiger charge is 2.10. The van der Waals surface area contributed by atoms with Crippen LogP contribution in [0.4, 0.5) is 0 Å². The molecule has 0 fully saturated rings. The molecule has 0 saturated heterocycles. The van der Waals surface area contributed by atoms with Crippen molar-refractivity contribution in [3.05, 3.63) is 30.1 Å². The Morgan fingerprint density at radius 1 is 1.44 bits per heavy atom. The van der Waals surface area contributed by atoms with Crippen molar-refractivity contribution in [2.45, 2.75) is 25.9 Å². The minimum Gasteiger partial charge on any atom is -0.383 e. The molecule has 1 heterocycles. The molecule has 0 radical (unpaired) electrons. The number of carbonyl (C=O) groups is 1. The number of hydrogen-bond donors (Lipinski definition) is 2. The fourth-order valence-corrected chi connectivity index (χ4v) is 1.60. The second kappa shape index (κ2) is 7.79. The summed E-state index contributed by atoms with van der Waals surface area (Å²) in [4.78, 5) is 15.8. The van der Waals surface area contributed by atoms with Gasteiger partial charge in [-0.3, -0.25) is 9.78 Å². The highest BCUT2D eigenvalue weighted by Crippen LogP contribution is 2.06. The molecule has 1 amide bonds. The average Bonchev–Trinajstić information content (AvgIpc) is 2.37. The number of nitrogens with zero attached hydrogens (tertiary/aromatic N) is 1. The van der Waals surface area contributed by atoms with Gasteiger partial charge in [0.15, 0.2) is 0 Å². The summed E-state index contributed by atoms with van der Waals surface area (Å²) < 4.78 is 4.95. The lowest BCUT2D eigenvalue weighted by Gasteiger charge is -2.15. The third-order valence-corrected chi connectivity index (χ3v) is 2.52. The van der Waals surface area contributed by atoms with Crippen LogP contribution in [0.5, 0.6) is 0 Å². The fraction of sp³-hybridized carbons (Fsp3) is 0.538. The van der Waals surface area contributed by atoms with Gasteiger partial charge in [-0.2, -0.15) is 0 Å². The summed E-state index contributed by atoms with van der Waals surface area (Å²) in [7, 11) is 1.62. The lowest BCUT2D eigenvalue weighted by Crippen LogP contribution is -2.41. The van der Waals surface area contributed by atoms with Gasteiger partial charge in [-0.25, -0.2) is 0 Å². The zero-order valence-corrected chi connectivity index (χ0v) is 11.1. The van der Waals surface area contributed by atoms with Gasteiger partial charge in [-0.1, -0.05) is 6.07 Å². The Bertz CT molecular complexity index is 357. The first-order chi connectivity index (χ1) is 8.63. The van der Waals surface area contributed by atoms with Crippen LogP contribution in [-0.4, -0.2) is 37.2 Å². The molecule has 1 rings (SSSR count). The highest BCUT2D eigenvalue weighted by atomic mass is 16.5. The van der Waals surface area contributed by atoms with Crippen molar-refractivity contribution in [2.24, 2.45) is 0 Å². The lowest BCUT2D eigenvalue weighted by molar-refractivity contribution is -0.121. The molecule has 1 aromatic rings. The van der Waals surface area contributed by atoms with Crippen LogP contribution in [0.3, 0.4) is 0 Å². The van der Waals surface area contributed by atoms with Crippen molar-refractivity contribution >= 4 is 5.91 Å². The number of nitrogens with one attached hydrogen (secondary N) is 2. The van der Waals surface area contributed by atoms with Crippen LogP contribution in [0.15, 0.2) is 24.4 Å². The summed E-state index contributed by atoms with van der Waals surface area (Å²) in [5, 5.41) is 5.97. The smallest absolute Gasteiger partial charge is 0.234 e. The van der Waals surface area contributed by atoms with Gasteiger partial charge in [0.05, 0.1) is 18.8 Å². The van der Waals surface area contributed by atoms with E-state index in [1.165, 1.54) is 0 Å². The molecular formula is C13H21N3O2. The standard InChI is InChI=1S/C13H21N3O2/c1-10(9-18-3)16-13(17)8-15-11(2)12-6-4-5-7-14-12/h4-7,10-11,15H,8-9H2,1-3H3,(H,16,17). The second-order valence-corrected chi connectivity index (χ2v) is 4.28. The minimum absolute atomic E-state index is 0.0226. The van der Waals surface area contributed by atoms with Gasteiger partial charge >= 0.3 is 0 Å². The molecule has 2 N–H and O–H groups in total. The van der Waals surface area contributed by atoms with Crippen molar-refractivity contribution in [2.75, 3.05) is 20.3 Å². The number of rotatable bonds is 7. The van der Waals surface area contributed by atoms with Gasteiger partial charge < -0.3 is 15.4 Å². The summed E-state index contributed by atoms with van der Waals surface area (Å²) in [6, 6.07) is 5.81. The number of methoxy groups -OCH3 is 1. The zero-order chi connectivity index (χ0) is 13.4. The van der Waals surface area contributed by atoms with Gasteiger partial charge in [0, 0.05) is 25.4 Å². The lowest BCUT2D eigenvalue weighted by atomic mass is 10.2. The molecular weight excluding hydrogens is 230 g/mol. The molecule has 2 atom stereocenters. The van der Waals surface area contributed by atoms with Gasteiger partial charge in [-0.05, 0) is 26.0 Å². The van der Waals surface area contributed by atoms with Gasteiger partial charge in [0.25, 0.3) is 0 Å². The summed E-state index contributed by atoms with van der Waals surface area (Å²) in [6.45, 7) is 4.67. The van der Waals surface area contributed by atoms with Crippen molar-refractivity contribution in [1.29, 1.82) is 0 Å². The summed E-state index contributed by atoms with van der Waals surface area (Å²) >= 11 is 0. The maximum absolute atomic E-state index is 11.6. The molecule has 18 heavy (non-hydrogen) atoms. The van der Waals surface area contributed by atoms with Gasteiger partial charge in [-0.15, -0.1) is 0 Å². The normalized spacial score (nSPS) is 13.9. The largest absolute Gasteiger partial charge is 0.383 e. The molecule has 0 aliphatic carbocycles. The molecule has 0 aliphatic heterocycles. The molecule has 5 nitrogen and oxygen atoms in total. The summed E-state index contributed by atoms with van der Waals surface area (Å²) in [5.74, 6) is -0.0395. The van der Waals surface area contributed by atoms with E-state index in [9.17, 15) is 4.79 Å². The molecule has 0 bridgehead atoms. The van der Waals surface area contributed by atoms with Crippen molar-refractivity contribution < 1.29 is 9.53 Å². The first-order valence-electron chi connectivity index (χ1n) is 6.06. The van der Waals surface area contributed by atoms with E-state index in [0.29, 0.717) is 6.61 Å². The average molecular weight is 251 g/mol. The van der Waals surface area contributed by atoms with E-state index >= 15 is 0 Å². The monoisotopic (exact) mass is 251 g/mol. The van der Waals surface area contributed by atoms with Crippen LogP contribution in [0.25, 0.3) is 0 Å². The third-order valence-electron chi connectivity index (χ3n) is 2.52. The van der Waals surface area contributed by atoms with Gasteiger partial charge in [0.2, 0.25) is 5.91 Å². The van der Waals surface area contributed by atoms with Gasteiger partial charge in [0.1, 0.15) is 0 Å². The van der Waals surface area contributed by atoms with Crippen LogP contribution in [0.1, 0.15) is 25.6 Å². The fourth-order valence-electron chi connectivity index (χ4n) is 1.60. The molecule has 0 saturated carbocycles. The second-order valence-electron chi connectivity index (χ2n) is 4.28. The Hall–Kier alpha value is -1.46. The molecule has 2 unspecified atom stereocenters. The summed E-state index contributed by atoms with van der Waals surface area (Å²) in [6.07, 6.45) is 1.74. The van der Waals surface area contributed by atoms with E-state index in [2.05, 4.69) is 15.6 Å². The maximum Gasteiger partial charge on any atom is 0.234 e. The number of amides is 1. The van der Waals surface area contributed by atoms with Crippen LogP contribution in [0, 0.1) is 0 Å². The molecule has 0 aromatic carbocycles. The summed E-state index contributed by atoms with van der Waals surface area (Å²) in [5.41, 5.74) is 0.926. The van der Waals surface area contributed by atoms with E-state index in [1.54, 1.807) is 13.3 Å². The molecule has 1 aromatic heterocycles. The van der Waals surface area contributed by atoms with E-state index in [-0.39, 0.29) is 24.5 Å². The molecule has 0 aliphatic rings. The van der Waals surface area contributed by atoms with Crippen molar-refractivity contribution in [1.82, 2.24) is 15.6 Å². The van der Waals surface area contributed by atoms with E-state index in [0.717, 1.165) is 5.69 Å². The number of ether oxygens (including phenoxy) is 1. The third kappa shape index (κ3) is 5.25. The number of carbonyl (C=O) groups excluding carboxylic acids is 1. The van der Waals surface area contributed by atoms with Crippen LogP contribution in [-0.2, 0) is 9.53 Å². The Balaban J connectivity index is 2.30. The topological polar surface area (TPSA) is 63.2 Å². The van der Waals surface area contributed by atoms with E-state index in [4.69, 9.17) is 4.74 Å². The highest BCUT2D eigenvalue weighted by molar-refractivity contribution is 5.78. The first-order valence-corrected chi connectivity index (χ1v) is 6.06. The quantitative estimate of drug-likeness (QED) is 0.755. The zero-order valence-electron chi connectivity index (χ0n) is 11.1. The van der Waals surface area contributed by atoms with Crippen molar-refractivity contribution in [3.8, 4) is 0 Å². The van der Waals surface area contributed by atoms with Crippen LogP contribution in [0.2, 0.25) is 0 Å². The Kier molecular flexibility index (Phi) is 6.32. The maximum atomic E-state index is 11.6. The van der Waals surface area contributed by atoms with Crippen molar-refractivity contribution in [3.63, 3.8) is 0 Å². The van der Waals surface area contributed by atoms with Crippen LogP contribution < -0.4 is 10.6 Å². The predicted molar refractivity (Wildman–Crippen MR) is 70.1 cm³/mol. The predicted octanol–water partition coefficient (Wildman–Crippen LogP) is 0.883. The first kappa shape index (κ1) is 14.6. The number of aromatic nitrogens is 1. The minimum atomic E-state index is -0.0395.